The fourth-order valence-electron chi connectivity index (χ4n) is 1.60. The van der Waals surface area contributed by atoms with Crippen molar-refractivity contribution in [3.05, 3.63) is 12.2 Å². The lowest BCUT2D eigenvalue weighted by Gasteiger charge is -2.17. The molecule has 1 aliphatic rings. The first-order valence-electron chi connectivity index (χ1n) is 6.80. The van der Waals surface area contributed by atoms with Crippen LogP contribution in [-0.2, 0) is 19.2 Å². The first kappa shape index (κ1) is 16.9. The van der Waals surface area contributed by atoms with E-state index in [0.29, 0.717) is 0 Å². The Morgan fingerprint density at radius 3 is 2.14 bits per heavy atom. The molecule has 0 aromatic carbocycles. The van der Waals surface area contributed by atoms with Crippen LogP contribution in [0.25, 0.3) is 0 Å². The lowest BCUT2D eigenvalue weighted by Crippen LogP contribution is -2.40. The van der Waals surface area contributed by atoms with E-state index < -0.39 is 5.41 Å². The van der Waals surface area contributed by atoms with Gasteiger partial charge in [0.2, 0.25) is 11.8 Å². The van der Waals surface area contributed by atoms with E-state index in [0.717, 1.165) is 4.90 Å². The maximum atomic E-state index is 11.6. The molecular formula is C14H21N3O4. The van der Waals surface area contributed by atoms with Gasteiger partial charge in [0.15, 0.2) is 0 Å². The van der Waals surface area contributed by atoms with E-state index in [1.54, 1.807) is 20.8 Å². The van der Waals surface area contributed by atoms with E-state index in [9.17, 15) is 19.2 Å². The predicted octanol–water partition coefficient (Wildman–Crippen LogP) is -0.420. The zero-order chi connectivity index (χ0) is 16.0. The molecule has 1 aliphatic heterocycles. The molecule has 0 radical (unpaired) electrons. The van der Waals surface area contributed by atoms with Crippen molar-refractivity contribution in [2.24, 2.45) is 5.41 Å². The summed E-state index contributed by atoms with van der Waals surface area (Å²) in [6.45, 7) is 5.97. The summed E-state index contributed by atoms with van der Waals surface area (Å²) < 4.78 is 0. The Balaban J connectivity index is 2.16. The highest BCUT2D eigenvalue weighted by Gasteiger charge is 2.23. The maximum absolute atomic E-state index is 11.6. The molecule has 0 spiro atoms. The van der Waals surface area contributed by atoms with E-state index in [2.05, 4.69) is 10.6 Å². The van der Waals surface area contributed by atoms with Crippen LogP contribution in [0.15, 0.2) is 12.2 Å². The smallest absolute Gasteiger partial charge is 0.253 e. The van der Waals surface area contributed by atoms with Crippen molar-refractivity contribution in [1.29, 1.82) is 0 Å². The van der Waals surface area contributed by atoms with Gasteiger partial charge >= 0.3 is 0 Å². The van der Waals surface area contributed by atoms with Gasteiger partial charge in [-0.3, -0.25) is 24.1 Å². The lowest BCUT2D eigenvalue weighted by atomic mass is 9.96. The van der Waals surface area contributed by atoms with Gasteiger partial charge in [-0.1, -0.05) is 20.8 Å². The van der Waals surface area contributed by atoms with Crippen molar-refractivity contribution < 1.29 is 19.2 Å². The summed E-state index contributed by atoms with van der Waals surface area (Å²) in [6.07, 6.45) is 2.56. The number of imide groups is 1. The number of hydrogen-bond acceptors (Lipinski definition) is 4. The molecule has 1 rings (SSSR count). The Labute approximate surface area is 123 Å². The highest BCUT2D eigenvalue weighted by molar-refractivity contribution is 6.12. The molecule has 4 amide bonds. The summed E-state index contributed by atoms with van der Waals surface area (Å²) in [5.41, 5.74) is -0.486. The summed E-state index contributed by atoms with van der Waals surface area (Å²) >= 11 is 0. The van der Waals surface area contributed by atoms with Crippen LogP contribution in [-0.4, -0.2) is 48.2 Å². The summed E-state index contributed by atoms with van der Waals surface area (Å²) in [6, 6.07) is 0. The third kappa shape index (κ3) is 5.37. The number of carbonyl (C=O) groups excluding carboxylic acids is 4. The molecular weight excluding hydrogens is 274 g/mol. The number of hydrogen-bond donors (Lipinski definition) is 2. The fraction of sp³-hybridized carbons (Fsp3) is 0.571. The second-order valence-electron chi connectivity index (χ2n) is 5.77. The zero-order valence-electron chi connectivity index (χ0n) is 12.6. The molecule has 0 saturated carbocycles. The largest absolute Gasteiger partial charge is 0.355 e. The third-order valence-electron chi connectivity index (χ3n) is 2.88. The van der Waals surface area contributed by atoms with Crippen LogP contribution in [0.3, 0.4) is 0 Å². The number of rotatable bonds is 6. The molecule has 116 valence electrons. The van der Waals surface area contributed by atoms with Gasteiger partial charge in [0.1, 0.15) is 0 Å². The van der Waals surface area contributed by atoms with Crippen LogP contribution in [0.5, 0.6) is 0 Å². The minimum absolute atomic E-state index is 0.116. The van der Waals surface area contributed by atoms with Gasteiger partial charge in [0.25, 0.3) is 11.8 Å². The Bertz CT molecular complexity index is 459. The van der Waals surface area contributed by atoms with E-state index in [1.165, 1.54) is 12.2 Å². The van der Waals surface area contributed by atoms with Crippen molar-refractivity contribution in [2.45, 2.75) is 27.2 Å². The molecule has 7 heteroatoms. The summed E-state index contributed by atoms with van der Waals surface area (Å²) in [5.74, 6) is -1.09. The quantitative estimate of drug-likeness (QED) is 0.651. The summed E-state index contributed by atoms with van der Waals surface area (Å²) in [4.78, 5) is 46.7. The van der Waals surface area contributed by atoms with Crippen LogP contribution in [0.2, 0.25) is 0 Å². The molecule has 0 fully saturated rings. The van der Waals surface area contributed by atoms with Crippen LogP contribution >= 0.6 is 0 Å². The van der Waals surface area contributed by atoms with Crippen molar-refractivity contribution in [3.8, 4) is 0 Å². The molecule has 0 unspecified atom stereocenters. The highest BCUT2D eigenvalue weighted by Crippen LogP contribution is 2.12. The van der Waals surface area contributed by atoms with Gasteiger partial charge in [-0.25, -0.2) is 0 Å². The maximum Gasteiger partial charge on any atom is 0.253 e. The van der Waals surface area contributed by atoms with Crippen LogP contribution in [0.1, 0.15) is 27.2 Å². The number of nitrogens with zero attached hydrogens (tertiary/aromatic N) is 1. The van der Waals surface area contributed by atoms with Crippen molar-refractivity contribution in [3.63, 3.8) is 0 Å². The Kier molecular flexibility index (Phi) is 5.63. The van der Waals surface area contributed by atoms with Gasteiger partial charge in [0, 0.05) is 43.6 Å². The predicted molar refractivity (Wildman–Crippen MR) is 76.0 cm³/mol. The number of amides is 4. The average molecular weight is 295 g/mol. The summed E-state index contributed by atoms with van der Waals surface area (Å²) in [5, 5.41) is 5.27. The van der Waals surface area contributed by atoms with Gasteiger partial charge < -0.3 is 10.6 Å². The van der Waals surface area contributed by atoms with Crippen LogP contribution in [0.4, 0.5) is 0 Å². The topological polar surface area (TPSA) is 95.6 Å². The number of carbonyl (C=O) groups is 4. The molecule has 0 atom stereocenters. The van der Waals surface area contributed by atoms with E-state index >= 15 is 0 Å². The minimum atomic E-state index is -0.486. The number of nitrogens with one attached hydrogen (secondary N) is 2. The molecule has 0 aromatic heterocycles. The molecule has 21 heavy (non-hydrogen) atoms. The molecule has 0 aliphatic carbocycles. The van der Waals surface area contributed by atoms with E-state index in [4.69, 9.17) is 0 Å². The SMILES string of the molecule is CC(C)(C)C(=O)NCCC(=O)NCCN1C(=O)C=CC1=O. The summed E-state index contributed by atoms with van der Waals surface area (Å²) in [7, 11) is 0. The second kappa shape index (κ2) is 7.01. The monoisotopic (exact) mass is 295 g/mol. The molecule has 0 saturated heterocycles. The Hall–Kier alpha value is -2.18. The van der Waals surface area contributed by atoms with Crippen LogP contribution < -0.4 is 10.6 Å². The molecule has 1 heterocycles. The minimum Gasteiger partial charge on any atom is -0.355 e. The highest BCUT2D eigenvalue weighted by atomic mass is 16.2. The Morgan fingerprint density at radius 2 is 1.62 bits per heavy atom. The standard InChI is InChI=1S/C14H21N3O4/c1-14(2,3)13(21)16-7-6-10(18)15-8-9-17-11(19)4-5-12(17)20/h4-5H,6-9H2,1-3H3,(H,15,18)(H,16,21). The molecule has 2 N–H and O–H groups in total. The van der Waals surface area contributed by atoms with Crippen molar-refractivity contribution in [2.75, 3.05) is 19.6 Å². The van der Waals surface area contributed by atoms with Gasteiger partial charge in [0.05, 0.1) is 0 Å². The van der Waals surface area contributed by atoms with Gasteiger partial charge in [-0.05, 0) is 0 Å². The fourth-order valence-corrected chi connectivity index (χ4v) is 1.60. The van der Waals surface area contributed by atoms with Crippen LogP contribution in [0, 0.1) is 5.41 Å². The second-order valence-corrected chi connectivity index (χ2v) is 5.77. The molecule has 7 nitrogen and oxygen atoms in total. The average Bonchev–Trinajstić information content (AvgIpc) is 2.69. The van der Waals surface area contributed by atoms with Gasteiger partial charge in [-0.15, -0.1) is 0 Å². The Morgan fingerprint density at radius 1 is 1.05 bits per heavy atom. The van der Waals surface area contributed by atoms with Crippen molar-refractivity contribution >= 4 is 23.6 Å². The van der Waals surface area contributed by atoms with E-state index in [1.807, 2.05) is 0 Å². The zero-order valence-corrected chi connectivity index (χ0v) is 12.6. The lowest BCUT2D eigenvalue weighted by molar-refractivity contribution is -0.137. The first-order valence-corrected chi connectivity index (χ1v) is 6.80. The third-order valence-corrected chi connectivity index (χ3v) is 2.88. The molecule has 0 aromatic rings. The normalized spacial score (nSPS) is 14.5. The first-order chi connectivity index (χ1) is 9.71. The van der Waals surface area contributed by atoms with E-state index in [-0.39, 0.29) is 49.7 Å². The molecule has 0 bridgehead atoms. The van der Waals surface area contributed by atoms with Crippen molar-refractivity contribution in [1.82, 2.24) is 15.5 Å². The van der Waals surface area contributed by atoms with Gasteiger partial charge in [-0.2, -0.15) is 0 Å².